The quantitative estimate of drug-likeness (QED) is 0.390. The fourth-order valence-corrected chi connectivity index (χ4v) is 3.13. The van der Waals surface area contributed by atoms with Crippen molar-refractivity contribution in [3.8, 4) is 28.6 Å². The Labute approximate surface area is 179 Å². The highest BCUT2D eigenvalue weighted by Gasteiger charge is 2.24. The van der Waals surface area contributed by atoms with E-state index in [9.17, 15) is 5.11 Å². The number of H-pyrrole nitrogens is 1. The molecule has 4 rings (SSSR count). The van der Waals surface area contributed by atoms with Gasteiger partial charge in [-0.05, 0) is 32.9 Å². The molecule has 4 heterocycles. The van der Waals surface area contributed by atoms with Gasteiger partial charge in [0, 0.05) is 47.3 Å². The van der Waals surface area contributed by atoms with E-state index in [1.807, 2.05) is 33.0 Å². The average molecular weight is 417 g/mol. The van der Waals surface area contributed by atoms with Crippen molar-refractivity contribution < 1.29 is 5.11 Å². The van der Waals surface area contributed by atoms with Crippen LogP contribution in [0.15, 0.2) is 30.7 Å². The summed E-state index contributed by atoms with van der Waals surface area (Å²) in [6.45, 7) is 6.15. The minimum atomic E-state index is -0.600. The van der Waals surface area contributed by atoms with Gasteiger partial charge in [-0.2, -0.15) is 15.5 Å². The SMILES string of the molecule is Cc1[nH]nc2ncc(-c3nn(C(C)(C)CO)cc3-c3ccnc(NCCC#N)n3)cc12. The Morgan fingerprint density at radius 3 is 2.94 bits per heavy atom. The highest BCUT2D eigenvalue weighted by molar-refractivity contribution is 5.86. The van der Waals surface area contributed by atoms with Crippen LogP contribution in [-0.4, -0.2) is 53.2 Å². The van der Waals surface area contributed by atoms with Crippen LogP contribution in [0.3, 0.4) is 0 Å². The lowest BCUT2D eigenvalue weighted by Gasteiger charge is -2.22. The highest BCUT2D eigenvalue weighted by Crippen LogP contribution is 2.33. The number of anilines is 1. The second kappa shape index (κ2) is 8.12. The van der Waals surface area contributed by atoms with E-state index in [4.69, 9.17) is 10.4 Å². The van der Waals surface area contributed by atoms with E-state index >= 15 is 0 Å². The standard InChI is InChI=1S/C21H23N9O/c1-13-15-9-14(10-25-19(15)28-27-13)18-16(11-30(29-18)21(2,3)12-31)17-5-8-24-20(26-17)23-7-4-6-22/h5,8-11,31H,4,7,12H2,1-3H3,(H,23,24,26)(H,25,27,28). The fraction of sp³-hybridized carbons (Fsp3) is 0.333. The van der Waals surface area contributed by atoms with E-state index in [0.717, 1.165) is 22.2 Å². The van der Waals surface area contributed by atoms with E-state index in [-0.39, 0.29) is 6.61 Å². The molecule has 3 N–H and O–H groups in total. The molecular formula is C21H23N9O. The molecule has 31 heavy (non-hydrogen) atoms. The summed E-state index contributed by atoms with van der Waals surface area (Å²) < 4.78 is 1.75. The lowest BCUT2D eigenvalue weighted by atomic mass is 10.1. The summed E-state index contributed by atoms with van der Waals surface area (Å²) in [5.41, 5.74) is 3.94. The van der Waals surface area contributed by atoms with Gasteiger partial charge in [0.1, 0.15) is 5.69 Å². The van der Waals surface area contributed by atoms with Crippen molar-refractivity contribution in [2.45, 2.75) is 32.7 Å². The van der Waals surface area contributed by atoms with E-state index in [1.54, 1.807) is 23.1 Å². The summed E-state index contributed by atoms with van der Waals surface area (Å²) in [6, 6.07) is 5.89. The van der Waals surface area contributed by atoms with Crippen LogP contribution in [0.5, 0.6) is 0 Å². The van der Waals surface area contributed by atoms with Gasteiger partial charge in [-0.15, -0.1) is 0 Å². The first-order valence-electron chi connectivity index (χ1n) is 9.89. The van der Waals surface area contributed by atoms with Crippen molar-refractivity contribution in [2.24, 2.45) is 0 Å². The first-order chi connectivity index (χ1) is 14.9. The second-order valence-electron chi connectivity index (χ2n) is 7.85. The monoisotopic (exact) mass is 417 g/mol. The van der Waals surface area contributed by atoms with Crippen molar-refractivity contribution in [3.05, 3.63) is 36.4 Å². The van der Waals surface area contributed by atoms with Gasteiger partial charge in [-0.1, -0.05) is 0 Å². The van der Waals surface area contributed by atoms with Crippen molar-refractivity contribution in [1.29, 1.82) is 5.26 Å². The number of aliphatic hydroxyl groups is 1. The average Bonchev–Trinajstić information content (AvgIpc) is 3.39. The number of aromatic nitrogens is 7. The molecule has 0 spiro atoms. The fourth-order valence-electron chi connectivity index (χ4n) is 3.13. The van der Waals surface area contributed by atoms with Crippen LogP contribution < -0.4 is 5.32 Å². The number of hydrogen-bond acceptors (Lipinski definition) is 8. The van der Waals surface area contributed by atoms with Gasteiger partial charge < -0.3 is 10.4 Å². The first kappa shape index (κ1) is 20.4. The van der Waals surface area contributed by atoms with Crippen molar-refractivity contribution in [3.63, 3.8) is 0 Å². The number of aryl methyl sites for hydroxylation is 1. The van der Waals surface area contributed by atoms with Gasteiger partial charge in [0.05, 0.1) is 30.3 Å². The number of nitriles is 1. The Balaban J connectivity index is 1.84. The van der Waals surface area contributed by atoms with Gasteiger partial charge in [0.25, 0.3) is 0 Å². The number of hydrogen-bond donors (Lipinski definition) is 3. The highest BCUT2D eigenvalue weighted by atomic mass is 16.3. The molecule has 0 saturated carbocycles. The molecule has 0 aliphatic heterocycles. The molecule has 0 fully saturated rings. The third-order valence-electron chi connectivity index (χ3n) is 5.05. The summed E-state index contributed by atoms with van der Waals surface area (Å²) in [5, 5.41) is 34.5. The molecule has 4 aromatic heterocycles. The van der Waals surface area contributed by atoms with Crippen molar-refractivity contribution in [1.82, 2.24) is 34.9 Å². The molecule has 0 amide bonds. The van der Waals surface area contributed by atoms with Gasteiger partial charge in [-0.25, -0.2) is 15.0 Å². The van der Waals surface area contributed by atoms with Gasteiger partial charge in [0.2, 0.25) is 5.95 Å². The molecule has 0 saturated heterocycles. The molecule has 0 radical (unpaired) electrons. The van der Waals surface area contributed by atoms with Crippen LogP contribution >= 0.6 is 0 Å². The van der Waals surface area contributed by atoms with E-state index in [0.29, 0.717) is 35.9 Å². The molecule has 0 aliphatic carbocycles. The molecule has 10 heteroatoms. The molecule has 10 nitrogen and oxygen atoms in total. The molecule has 0 atom stereocenters. The molecular weight excluding hydrogens is 394 g/mol. The minimum absolute atomic E-state index is 0.0730. The Morgan fingerprint density at radius 1 is 1.32 bits per heavy atom. The maximum Gasteiger partial charge on any atom is 0.223 e. The predicted molar refractivity (Wildman–Crippen MR) is 116 cm³/mol. The molecule has 0 bridgehead atoms. The lowest BCUT2D eigenvalue weighted by molar-refractivity contribution is 0.152. The summed E-state index contributed by atoms with van der Waals surface area (Å²) in [6.07, 6.45) is 5.63. The van der Waals surface area contributed by atoms with E-state index in [1.165, 1.54) is 0 Å². The van der Waals surface area contributed by atoms with E-state index < -0.39 is 5.54 Å². The molecule has 158 valence electrons. The normalized spacial score (nSPS) is 11.6. The smallest absolute Gasteiger partial charge is 0.223 e. The summed E-state index contributed by atoms with van der Waals surface area (Å²) >= 11 is 0. The number of nitrogens with one attached hydrogen (secondary N) is 2. The number of aliphatic hydroxyl groups excluding tert-OH is 1. The maximum absolute atomic E-state index is 9.86. The maximum atomic E-state index is 9.86. The van der Waals surface area contributed by atoms with Gasteiger partial charge in [0.15, 0.2) is 5.65 Å². The van der Waals surface area contributed by atoms with Crippen LogP contribution in [0.2, 0.25) is 0 Å². The van der Waals surface area contributed by atoms with Crippen LogP contribution in [0, 0.1) is 18.3 Å². The molecule has 4 aromatic rings. The number of rotatable bonds is 7. The summed E-state index contributed by atoms with van der Waals surface area (Å²) in [5.74, 6) is 0.437. The van der Waals surface area contributed by atoms with Crippen molar-refractivity contribution >= 4 is 17.0 Å². The Bertz CT molecular complexity index is 1270. The van der Waals surface area contributed by atoms with E-state index in [2.05, 4.69) is 36.5 Å². The van der Waals surface area contributed by atoms with Gasteiger partial charge >= 0.3 is 0 Å². The lowest BCUT2D eigenvalue weighted by Crippen LogP contribution is -2.30. The first-order valence-corrected chi connectivity index (χ1v) is 9.89. The zero-order valence-corrected chi connectivity index (χ0v) is 17.6. The zero-order chi connectivity index (χ0) is 22.0. The van der Waals surface area contributed by atoms with Gasteiger partial charge in [-0.3, -0.25) is 9.78 Å². The predicted octanol–water partition coefficient (Wildman–Crippen LogP) is 2.64. The largest absolute Gasteiger partial charge is 0.394 e. The number of nitrogens with zero attached hydrogens (tertiary/aromatic N) is 7. The minimum Gasteiger partial charge on any atom is -0.394 e. The second-order valence-corrected chi connectivity index (χ2v) is 7.85. The van der Waals surface area contributed by atoms with Crippen LogP contribution in [-0.2, 0) is 5.54 Å². The van der Waals surface area contributed by atoms with Crippen LogP contribution in [0.4, 0.5) is 5.95 Å². The number of pyridine rings is 1. The van der Waals surface area contributed by atoms with Crippen molar-refractivity contribution in [2.75, 3.05) is 18.5 Å². The van der Waals surface area contributed by atoms with Crippen LogP contribution in [0.25, 0.3) is 33.5 Å². The third-order valence-corrected chi connectivity index (χ3v) is 5.05. The third kappa shape index (κ3) is 3.95. The Kier molecular flexibility index (Phi) is 5.35. The molecule has 0 unspecified atom stereocenters. The molecule has 0 aliphatic rings. The molecule has 0 aromatic carbocycles. The Hall–Kier alpha value is -3.84. The van der Waals surface area contributed by atoms with Crippen LogP contribution in [0.1, 0.15) is 26.0 Å². The topological polar surface area (TPSA) is 141 Å². The summed E-state index contributed by atoms with van der Waals surface area (Å²) in [7, 11) is 0. The number of aromatic amines is 1. The summed E-state index contributed by atoms with van der Waals surface area (Å²) in [4.78, 5) is 13.3. The number of fused-ring (bicyclic) bond motifs is 1. The Morgan fingerprint density at radius 2 is 2.16 bits per heavy atom. The zero-order valence-electron chi connectivity index (χ0n) is 17.6.